The first-order chi connectivity index (χ1) is 15.9. The molecule has 5 heteroatoms. The summed E-state index contributed by atoms with van der Waals surface area (Å²) in [5.74, 6) is -3.44. The SMILES string of the molecule is CCc1ccc(OC(=O)c2ccc(-c3ccc(-c4ccc(C)cc4)c(F)c3F)cc2)c(F)c1. The molecule has 0 aliphatic rings. The molecule has 0 heterocycles. The van der Waals surface area contributed by atoms with Crippen LogP contribution in [0.3, 0.4) is 0 Å². The van der Waals surface area contributed by atoms with Crippen LogP contribution in [0.5, 0.6) is 5.75 Å². The number of aryl methyl sites for hydroxylation is 2. The first kappa shape index (κ1) is 22.3. The van der Waals surface area contributed by atoms with Gasteiger partial charge >= 0.3 is 5.97 Å². The average molecular weight is 446 g/mol. The topological polar surface area (TPSA) is 26.3 Å². The normalized spacial score (nSPS) is 10.8. The van der Waals surface area contributed by atoms with E-state index in [0.29, 0.717) is 17.5 Å². The summed E-state index contributed by atoms with van der Waals surface area (Å²) in [7, 11) is 0. The lowest BCUT2D eigenvalue weighted by molar-refractivity contribution is 0.0728. The average Bonchev–Trinajstić information content (AvgIpc) is 2.83. The van der Waals surface area contributed by atoms with E-state index >= 15 is 0 Å². The molecule has 0 atom stereocenters. The number of esters is 1. The molecule has 0 spiro atoms. The molecule has 0 unspecified atom stereocenters. The van der Waals surface area contributed by atoms with Crippen molar-refractivity contribution in [1.29, 1.82) is 0 Å². The number of ether oxygens (including phenoxy) is 1. The minimum Gasteiger partial charge on any atom is -0.420 e. The number of hydrogen-bond acceptors (Lipinski definition) is 2. The van der Waals surface area contributed by atoms with Crippen molar-refractivity contribution < 1.29 is 22.7 Å². The van der Waals surface area contributed by atoms with Crippen LogP contribution in [0.2, 0.25) is 0 Å². The minimum absolute atomic E-state index is 0.0736. The van der Waals surface area contributed by atoms with Gasteiger partial charge in [0.05, 0.1) is 5.56 Å². The van der Waals surface area contributed by atoms with E-state index in [0.717, 1.165) is 11.1 Å². The van der Waals surface area contributed by atoms with Crippen molar-refractivity contribution >= 4 is 5.97 Å². The Morgan fingerprint density at radius 3 is 1.82 bits per heavy atom. The van der Waals surface area contributed by atoms with Gasteiger partial charge in [0, 0.05) is 11.1 Å². The number of halogens is 3. The zero-order valence-corrected chi connectivity index (χ0v) is 18.2. The molecule has 2 nitrogen and oxygen atoms in total. The highest BCUT2D eigenvalue weighted by molar-refractivity contribution is 5.91. The van der Waals surface area contributed by atoms with Crippen LogP contribution < -0.4 is 4.74 Å². The van der Waals surface area contributed by atoms with Crippen LogP contribution >= 0.6 is 0 Å². The van der Waals surface area contributed by atoms with Crippen LogP contribution in [0.1, 0.15) is 28.4 Å². The van der Waals surface area contributed by atoms with E-state index < -0.39 is 23.4 Å². The van der Waals surface area contributed by atoms with Crippen molar-refractivity contribution in [2.45, 2.75) is 20.3 Å². The minimum atomic E-state index is -0.971. The van der Waals surface area contributed by atoms with Gasteiger partial charge < -0.3 is 4.74 Å². The second kappa shape index (κ2) is 9.33. The Morgan fingerprint density at radius 2 is 1.30 bits per heavy atom. The molecule has 33 heavy (non-hydrogen) atoms. The third kappa shape index (κ3) is 4.67. The smallest absolute Gasteiger partial charge is 0.343 e. The summed E-state index contributed by atoms with van der Waals surface area (Å²) < 4.78 is 48.9. The quantitative estimate of drug-likeness (QED) is 0.234. The van der Waals surface area contributed by atoms with Crippen molar-refractivity contribution in [3.8, 4) is 28.0 Å². The van der Waals surface area contributed by atoms with Gasteiger partial charge in [-0.2, -0.15) is 0 Å². The van der Waals surface area contributed by atoms with Gasteiger partial charge in [0.2, 0.25) is 0 Å². The number of benzene rings is 4. The molecule has 0 saturated carbocycles. The van der Waals surface area contributed by atoms with Crippen LogP contribution in [0.15, 0.2) is 78.9 Å². The van der Waals surface area contributed by atoms with Gasteiger partial charge in [-0.25, -0.2) is 18.0 Å². The number of carbonyl (C=O) groups excluding carboxylic acids is 1. The molecule has 4 aromatic rings. The van der Waals surface area contributed by atoms with E-state index in [9.17, 15) is 18.0 Å². The fraction of sp³-hybridized carbons (Fsp3) is 0.107. The molecule has 0 amide bonds. The maximum absolute atomic E-state index is 14.9. The van der Waals surface area contributed by atoms with E-state index in [2.05, 4.69) is 0 Å². The molecule has 0 fully saturated rings. The standard InChI is InChI=1S/C28H21F3O2/c1-3-18-6-15-25(24(29)16-18)33-28(32)21-11-9-20(10-12-21)23-14-13-22(26(30)27(23)31)19-7-4-17(2)5-8-19/h4-16H,3H2,1-2H3. The predicted molar refractivity (Wildman–Crippen MR) is 123 cm³/mol. The molecule has 0 N–H and O–H groups in total. The van der Waals surface area contributed by atoms with Gasteiger partial charge in [-0.3, -0.25) is 0 Å². The Kier molecular flexibility index (Phi) is 6.31. The molecule has 0 saturated heterocycles. The summed E-state index contributed by atoms with van der Waals surface area (Å²) in [6.45, 7) is 3.81. The maximum atomic E-state index is 14.9. The lowest BCUT2D eigenvalue weighted by atomic mass is 9.98. The second-order valence-electron chi connectivity index (χ2n) is 7.74. The summed E-state index contributed by atoms with van der Waals surface area (Å²) >= 11 is 0. The molecule has 0 aliphatic heterocycles. The zero-order chi connectivity index (χ0) is 23.5. The Morgan fingerprint density at radius 1 is 0.758 bits per heavy atom. The van der Waals surface area contributed by atoms with Crippen molar-refractivity contribution in [3.63, 3.8) is 0 Å². The maximum Gasteiger partial charge on any atom is 0.343 e. The van der Waals surface area contributed by atoms with Crippen LogP contribution in [-0.2, 0) is 6.42 Å². The zero-order valence-electron chi connectivity index (χ0n) is 18.2. The van der Waals surface area contributed by atoms with Gasteiger partial charge in [0.15, 0.2) is 23.2 Å². The Hall–Kier alpha value is -3.86. The van der Waals surface area contributed by atoms with E-state index in [1.807, 2.05) is 26.0 Å². The number of rotatable bonds is 5. The molecule has 0 aromatic heterocycles. The fourth-order valence-corrected chi connectivity index (χ4v) is 3.52. The first-order valence-corrected chi connectivity index (χ1v) is 10.5. The highest BCUT2D eigenvalue weighted by atomic mass is 19.2. The summed E-state index contributed by atoms with van der Waals surface area (Å²) in [6.07, 6.45) is 0.662. The van der Waals surface area contributed by atoms with Crippen molar-refractivity contribution in [1.82, 2.24) is 0 Å². The predicted octanol–water partition coefficient (Wildman–Crippen LogP) is 7.53. The van der Waals surface area contributed by atoms with Crippen LogP contribution in [-0.4, -0.2) is 5.97 Å². The van der Waals surface area contributed by atoms with Gasteiger partial charge in [-0.1, -0.05) is 67.1 Å². The lowest BCUT2D eigenvalue weighted by Crippen LogP contribution is -2.09. The number of carbonyl (C=O) groups is 1. The Labute approximate surface area is 190 Å². The van der Waals surface area contributed by atoms with Crippen molar-refractivity contribution in [3.05, 3.63) is 113 Å². The van der Waals surface area contributed by atoms with E-state index in [1.54, 1.807) is 18.2 Å². The summed E-state index contributed by atoms with van der Waals surface area (Å²) in [5, 5.41) is 0. The largest absolute Gasteiger partial charge is 0.420 e. The molecule has 166 valence electrons. The third-order valence-corrected chi connectivity index (χ3v) is 5.48. The van der Waals surface area contributed by atoms with Crippen LogP contribution in [0, 0.1) is 24.4 Å². The van der Waals surface area contributed by atoms with Crippen molar-refractivity contribution in [2.24, 2.45) is 0 Å². The highest BCUT2D eigenvalue weighted by Gasteiger charge is 2.17. The molecular weight excluding hydrogens is 425 g/mol. The fourth-order valence-electron chi connectivity index (χ4n) is 3.52. The molecule has 4 aromatic carbocycles. The van der Waals surface area contributed by atoms with Crippen molar-refractivity contribution in [2.75, 3.05) is 0 Å². The third-order valence-electron chi connectivity index (χ3n) is 5.48. The summed E-state index contributed by atoms with van der Waals surface area (Å²) in [4.78, 5) is 12.4. The van der Waals surface area contributed by atoms with Crippen LogP contribution in [0.4, 0.5) is 13.2 Å². The Balaban J connectivity index is 1.56. The van der Waals surface area contributed by atoms with E-state index in [1.165, 1.54) is 48.5 Å². The first-order valence-electron chi connectivity index (χ1n) is 10.5. The lowest BCUT2D eigenvalue weighted by Gasteiger charge is -2.10. The van der Waals surface area contributed by atoms with Gasteiger partial charge in [0.25, 0.3) is 0 Å². The molecule has 0 radical (unpaired) electrons. The van der Waals surface area contributed by atoms with E-state index in [4.69, 9.17) is 4.74 Å². The summed E-state index contributed by atoms with van der Waals surface area (Å²) in [6, 6.07) is 20.5. The van der Waals surface area contributed by atoms with Gasteiger partial charge in [0.1, 0.15) is 0 Å². The molecule has 0 bridgehead atoms. The molecular formula is C28H21F3O2. The van der Waals surface area contributed by atoms with Gasteiger partial charge in [-0.05, 0) is 54.3 Å². The van der Waals surface area contributed by atoms with Crippen LogP contribution in [0.25, 0.3) is 22.3 Å². The van der Waals surface area contributed by atoms with E-state index in [-0.39, 0.29) is 22.4 Å². The monoisotopic (exact) mass is 446 g/mol. The molecule has 0 aliphatic carbocycles. The highest BCUT2D eigenvalue weighted by Crippen LogP contribution is 2.32. The Bertz CT molecular complexity index is 1310. The number of hydrogen-bond donors (Lipinski definition) is 0. The summed E-state index contributed by atoms with van der Waals surface area (Å²) in [5.41, 5.74) is 3.21. The van der Waals surface area contributed by atoms with Gasteiger partial charge in [-0.15, -0.1) is 0 Å². The second-order valence-corrected chi connectivity index (χ2v) is 7.74. The molecule has 4 rings (SSSR count).